The molecule has 0 amide bonds. The molecule has 0 heterocycles. The van der Waals surface area contributed by atoms with Crippen LogP contribution >= 0.6 is 23.2 Å². The summed E-state index contributed by atoms with van der Waals surface area (Å²) in [4.78, 5) is 23.7. The summed E-state index contributed by atoms with van der Waals surface area (Å²) in [6.45, 7) is 3.16. The topological polar surface area (TPSA) is 34.1 Å². The van der Waals surface area contributed by atoms with Crippen LogP contribution in [0, 0.1) is 0 Å². The Kier molecular flexibility index (Phi) is 6.59. The molecule has 0 saturated heterocycles. The Bertz CT molecular complexity index is 642. The van der Waals surface area contributed by atoms with E-state index >= 15 is 0 Å². The van der Waals surface area contributed by atoms with E-state index in [9.17, 15) is 9.59 Å². The second kappa shape index (κ2) is 8.46. The third-order valence-electron chi connectivity index (χ3n) is 4.10. The number of carbonyl (C=O) groups excluding carboxylic acids is 2. The summed E-state index contributed by atoms with van der Waals surface area (Å²) in [6, 6.07) is 15.0. The zero-order chi connectivity index (χ0) is 17.7. The summed E-state index contributed by atoms with van der Waals surface area (Å²) in [6.07, 6.45) is 0.754. The van der Waals surface area contributed by atoms with Crippen LogP contribution in [0.4, 0.5) is 0 Å². The van der Waals surface area contributed by atoms with E-state index < -0.39 is 0 Å². The van der Waals surface area contributed by atoms with Gasteiger partial charge < -0.3 is 9.59 Å². The number of rotatable bonds is 7. The van der Waals surface area contributed by atoms with E-state index in [1.807, 2.05) is 48.5 Å². The third-order valence-corrected chi connectivity index (χ3v) is 4.60. The Hall–Kier alpha value is -1.64. The molecule has 2 rings (SSSR count). The maximum Gasteiger partial charge on any atom is 0.130 e. The average molecular weight is 363 g/mol. The average Bonchev–Trinajstić information content (AvgIpc) is 2.52. The second-order valence-corrected chi connectivity index (χ2v) is 7.00. The first kappa shape index (κ1) is 18.7. The highest BCUT2D eigenvalue weighted by Gasteiger charge is 2.27. The van der Waals surface area contributed by atoms with E-state index in [1.54, 1.807) is 13.8 Å². The van der Waals surface area contributed by atoms with Crippen LogP contribution < -0.4 is 0 Å². The number of ketones is 2. The van der Waals surface area contributed by atoms with Gasteiger partial charge in [0.05, 0.1) is 0 Å². The van der Waals surface area contributed by atoms with Crippen molar-refractivity contribution in [3.05, 3.63) is 69.7 Å². The van der Waals surface area contributed by atoms with Crippen LogP contribution in [0.2, 0.25) is 10.0 Å². The number of carbonyl (C=O) groups is 2. The van der Waals surface area contributed by atoms with Crippen LogP contribution in [0.1, 0.15) is 49.7 Å². The highest BCUT2D eigenvalue weighted by molar-refractivity contribution is 6.30. The highest BCUT2D eigenvalue weighted by atomic mass is 35.5. The van der Waals surface area contributed by atoms with Crippen molar-refractivity contribution >= 4 is 34.8 Å². The molecule has 0 saturated carbocycles. The van der Waals surface area contributed by atoms with Crippen molar-refractivity contribution in [2.24, 2.45) is 0 Å². The SMILES string of the molecule is CC(=O)CC(c1ccc(Cl)cc1)C(CC(C)=O)c1ccc(Cl)cc1. The first-order chi connectivity index (χ1) is 11.4. The lowest BCUT2D eigenvalue weighted by atomic mass is 9.76. The molecule has 0 fully saturated rings. The van der Waals surface area contributed by atoms with Crippen molar-refractivity contribution in [3.8, 4) is 0 Å². The lowest BCUT2D eigenvalue weighted by Gasteiger charge is -2.27. The number of hydrogen-bond acceptors (Lipinski definition) is 2. The van der Waals surface area contributed by atoms with Gasteiger partial charge in [0.1, 0.15) is 11.6 Å². The number of benzene rings is 2. The van der Waals surface area contributed by atoms with Crippen LogP contribution in [-0.2, 0) is 9.59 Å². The van der Waals surface area contributed by atoms with Crippen molar-refractivity contribution in [2.45, 2.75) is 38.5 Å². The quantitative estimate of drug-likeness (QED) is 0.621. The van der Waals surface area contributed by atoms with Crippen LogP contribution in [0.15, 0.2) is 48.5 Å². The molecule has 2 atom stereocenters. The molecule has 0 aliphatic carbocycles. The molecule has 0 aromatic heterocycles. The van der Waals surface area contributed by atoms with E-state index in [1.165, 1.54) is 0 Å². The van der Waals surface area contributed by atoms with E-state index in [-0.39, 0.29) is 23.4 Å². The molecule has 0 spiro atoms. The smallest absolute Gasteiger partial charge is 0.130 e. The molecule has 2 nitrogen and oxygen atoms in total. The monoisotopic (exact) mass is 362 g/mol. The minimum absolute atomic E-state index is 0.0788. The van der Waals surface area contributed by atoms with Gasteiger partial charge in [-0.05, 0) is 61.1 Å². The Morgan fingerprint density at radius 2 is 1.00 bits per heavy atom. The standard InChI is InChI=1S/C20H20Cl2O2/c1-13(23)11-19(15-3-7-17(21)8-4-15)20(12-14(2)24)16-5-9-18(22)10-6-16/h3-10,19-20H,11-12H2,1-2H3. The molecule has 0 aliphatic heterocycles. The van der Waals surface area contributed by atoms with Crippen LogP contribution in [-0.4, -0.2) is 11.6 Å². The highest BCUT2D eigenvalue weighted by Crippen LogP contribution is 2.39. The van der Waals surface area contributed by atoms with Gasteiger partial charge in [-0.15, -0.1) is 0 Å². The zero-order valence-electron chi connectivity index (χ0n) is 13.8. The number of hydrogen-bond donors (Lipinski definition) is 0. The van der Waals surface area contributed by atoms with Crippen LogP contribution in [0.5, 0.6) is 0 Å². The molecule has 4 heteroatoms. The molecule has 0 aliphatic rings. The maximum atomic E-state index is 11.8. The fourth-order valence-electron chi connectivity index (χ4n) is 3.02. The molecular formula is C20H20Cl2O2. The van der Waals surface area contributed by atoms with Gasteiger partial charge in [-0.1, -0.05) is 47.5 Å². The van der Waals surface area contributed by atoms with Gasteiger partial charge in [0, 0.05) is 22.9 Å². The molecule has 126 valence electrons. The molecule has 0 radical (unpaired) electrons. The predicted molar refractivity (Wildman–Crippen MR) is 99.0 cm³/mol. The predicted octanol–water partition coefficient (Wildman–Crippen LogP) is 5.82. The fourth-order valence-corrected chi connectivity index (χ4v) is 3.28. The Morgan fingerprint density at radius 3 is 1.25 bits per heavy atom. The lowest BCUT2D eigenvalue weighted by Crippen LogP contribution is -2.17. The van der Waals surface area contributed by atoms with Gasteiger partial charge in [0.15, 0.2) is 0 Å². The summed E-state index contributed by atoms with van der Waals surface area (Å²) in [7, 11) is 0. The fraction of sp³-hybridized carbons (Fsp3) is 0.300. The molecule has 24 heavy (non-hydrogen) atoms. The van der Waals surface area contributed by atoms with Gasteiger partial charge in [-0.2, -0.15) is 0 Å². The Labute approximate surface area is 152 Å². The summed E-state index contributed by atoms with van der Waals surface area (Å²) in [5, 5.41) is 1.30. The summed E-state index contributed by atoms with van der Waals surface area (Å²) >= 11 is 12.0. The van der Waals surface area contributed by atoms with Gasteiger partial charge >= 0.3 is 0 Å². The third kappa shape index (κ3) is 5.19. The molecule has 0 bridgehead atoms. The molecular weight excluding hydrogens is 343 g/mol. The van der Waals surface area contributed by atoms with E-state index in [0.29, 0.717) is 22.9 Å². The molecule has 2 aromatic rings. The van der Waals surface area contributed by atoms with Crippen molar-refractivity contribution in [2.75, 3.05) is 0 Å². The van der Waals surface area contributed by atoms with Crippen molar-refractivity contribution in [3.63, 3.8) is 0 Å². The molecule has 2 aromatic carbocycles. The summed E-state index contributed by atoms with van der Waals surface area (Å²) in [5.41, 5.74) is 2.02. The molecule has 0 N–H and O–H groups in total. The summed E-state index contributed by atoms with van der Waals surface area (Å²) < 4.78 is 0. The van der Waals surface area contributed by atoms with E-state index in [0.717, 1.165) is 11.1 Å². The normalized spacial score (nSPS) is 13.3. The van der Waals surface area contributed by atoms with Gasteiger partial charge in [-0.3, -0.25) is 0 Å². The number of Topliss-reactive ketones (excluding diaryl/α,β-unsaturated/α-hetero) is 2. The lowest BCUT2D eigenvalue weighted by molar-refractivity contribution is -0.119. The summed E-state index contributed by atoms with van der Waals surface area (Å²) in [5.74, 6) is 0.0321. The first-order valence-electron chi connectivity index (χ1n) is 7.86. The van der Waals surface area contributed by atoms with Crippen molar-refractivity contribution in [1.82, 2.24) is 0 Å². The Balaban J connectivity index is 2.46. The van der Waals surface area contributed by atoms with E-state index in [2.05, 4.69) is 0 Å². The minimum atomic E-state index is -0.0788. The van der Waals surface area contributed by atoms with Gasteiger partial charge in [0.25, 0.3) is 0 Å². The van der Waals surface area contributed by atoms with Gasteiger partial charge in [-0.25, -0.2) is 0 Å². The minimum Gasteiger partial charge on any atom is -0.300 e. The first-order valence-corrected chi connectivity index (χ1v) is 8.62. The van der Waals surface area contributed by atoms with Gasteiger partial charge in [0.2, 0.25) is 0 Å². The van der Waals surface area contributed by atoms with Crippen molar-refractivity contribution in [1.29, 1.82) is 0 Å². The van der Waals surface area contributed by atoms with Crippen LogP contribution in [0.25, 0.3) is 0 Å². The van der Waals surface area contributed by atoms with E-state index in [4.69, 9.17) is 23.2 Å². The largest absolute Gasteiger partial charge is 0.300 e. The number of halogens is 2. The molecule has 2 unspecified atom stereocenters. The zero-order valence-corrected chi connectivity index (χ0v) is 15.3. The van der Waals surface area contributed by atoms with Crippen molar-refractivity contribution < 1.29 is 9.59 Å². The second-order valence-electron chi connectivity index (χ2n) is 6.13. The van der Waals surface area contributed by atoms with Crippen LogP contribution in [0.3, 0.4) is 0 Å². The Morgan fingerprint density at radius 1 is 0.708 bits per heavy atom. The maximum absolute atomic E-state index is 11.8.